The van der Waals surface area contributed by atoms with E-state index in [0.717, 1.165) is 11.3 Å². The van der Waals surface area contributed by atoms with E-state index in [0.29, 0.717) is 5.69 Å². The van der Waals surface area contributed by atoms with Crippen LogP contribution in [0.5, 0.6) is 0 Å². The van der Waals surface area contributed by atoms with Crippen LogP contribution in [0.25, 0.3) is 0 Å². The van der Waals surface area contributed by atoms with Crippen molar-refractivity contribution in [1.29, 1.82) is 0 Å². The van der Waals surface area contributed by atoms with Gasteiger partial charge in [0.2, 0.25) is 5.91 Å². The fourth-order valence-electron chi connectivity index (χ4n) is 1.19. The first-order valence-electron chi connectivity index (χ1n) is 4.58. The summed E-state index contributed by atoms with van der Waals surface area (Å²) in [5, 5.41) is 12.1. The van der Waals surface area contributed by atoms with E-state index in [9.17, 15) is 9.90 Å². The maximum atomic E-state index is 10.6. The van der Waals surface area contributed by atoms with Gasteiger partial charge in [-0.1, -0.05) is 0 Å². The monoisotopic (exact) mass is 209 g/mol. The molecular weight excluding hydrogens is 194 g/mol. The third kappa shape index (κ3) is 3.14. The number of aliphatic hydroxyl groups excluding tert-OH is 1. The Morgan fingerprint density at radius 1 is 1.60 bits per heavy atom. The van der Waals surface area contributed by atoms with Crippen LogP contribution in [0.1, 0.15) is 5.56 Å². The van der Waals surface area contributed by atoms with Crippen LogP contribution in [0.4, 0.5) is 11.4 Å². The Morgan fingerprint density at radius 2 is 2.27 bits per heavy atom. The largest absolute Gasteiger partial charge is 0.399 e. The molecule has 82 valence electrons. The molecule has 1 rings (SSSR count). The van der Waals surface area contributed by atoms with Crippen molar-refractivity contribution in [1.82, 2.24) is 0 Å². The van der Waals surface area contributed by atoms with E-state index in [4.69, 9.17) is 11.5 Å². The summed E-state index contributed by atoms with van der Waals surface area (Å²) in [7, 11) is 0. The first kappa shape index (κ1) is 11.3. The summed E-state index contributed by atoms with van der Waals surface area (Å²) < 4.78 is 0. The lowest BCUT2D eigenvalue weighted by molar-refractivity contribution is -0.125. The van der Waals surface area contributed by atoms with Crippen LogP contribution in [0.15, 0.2) is 18.2 Å². The maximum Gasteiger partial charge on any atom is 0.248 e. The zero-order valence-electron chi connectivity index (χ0n) is 8.53. The highest BCUT2D eigenvalue weighted by Gasteiger charge is 2.10. The molecule has 0 bridgehead atoms. The number of aliphatic hydroxyl groups is 1. The van der Waals surface area contributed by atoms with Gasteiger partial charge in [-0.25, -0.2) is 0 Å². The van der Waals surface area contributed by atoms with E-state index in [-0.39, 0.29) is 6.54 Å². The second-order valence-electron chi connectivity index (χ2n) is 3.37. The van der Waals surface area contributed by atoms with Gasteiger partial charge >= 0.3 is 0 Å². The van der Waals surface area contributed by atoms with Gasteiger partial charge in [0.1, 0.15) is 6.10 Å². The summed E-state index contributed by atoms with van der Waals surface area (Å²) >= 11 is 0. The molecule has 1 unspecified atom stereocenters. The van der Waals surface area contributed by atoms with E-state index in [1.165, 1.54) is 0 Å². The summed E-state index contributed by atoms with van der Waals surface area (Å²) in [5.41, 5.74) is 12.9. The number of amides is 1. The maximum absolute atomic E-state index is 10.6. The number of hydrogen-bond donors (Lipinski definition) is 4. The molecule has 15 heavy (non-hydrogen) atoms. The van der Waals surface area contributed by atoms with E-state index in [1.54, 1.807) is 18.2 Å². The van der Waals surface area contributed by atoms with Gasteiger partial charge in [0.15, 0.2) is 0 Å². The minimum absolute atomic E-state index is 0.0973. The molecule has 0 fully saturated rings. The molecule has 0 saturated carbocycles. The normalized spacial score (nSPS) is 12.1. The number of hydrogen-bond acceptors (Lipinski definition) is 4. The SMILES string of the molecule is Cc1cc(N)ccc1NCC(O)C(N)=O. The van der Waals surface area contributed by atoms with Gasteiger partial charge in [-0.3, -0.25) is 4.79 Å². The number of nitrogens with one attached hydrogen (secondary N) is 1. The Morgan fingerprint density at radius 3 is 2.80 bits per heavy atom. The molecule has 0 radical (unpaired) electrons. The Hall–Kier alpha value is -1.75. The minimum Gasteiger partial charge on any atom is -0.399 e. The first-order chi connectivity index (χ1) is 7.00. The molecule has 0 heterocycles. The number of primary amides is 1. The average molecular weight is 209 g/mol. The van der Waals surface area contributed by atoms with Crippen molar-refractivity contribution < 1.29 is 9.90 Å². The topological polar surface area (TPSA) is 101 Å². The standard InChI is InChI=1S/C10H15N3O2/c1-6-4-7(11)2-3-8(6)13-5-9(14)10(12)15/h2-4,9,13-14H,5,11H2,1H3,(H2,12,15). The number of carbonyl (C=O) groups is 1. The molecule has 0 spiro atoms. The van der Waals surface area contributed by atoms with Crippen LogP contribution >= 0.6 is 0 Å². The molecule has 0 aromatic heterocycles. The van der Waals surface area contributed by atoms with Crippen LogP contribution in [-0.2, 0) is 4.79 Å². The number of nitrogen functional groups attached to an aromatic ring is 1. The lowest BCUT2D eigenvalue weighted by Gasteiger charge is -2.12. The summed E-state index contributed by atoms with van der Waals surface area (Å²) in [6.07, 6.45) is -1.18. The van der Waals surface area contributed by atoms with Gasteiger partial charge in [0.25, 0.3) is 0 Å². The van der Waals surface area contributed by atoms with Crippen molar-refractivity contribution in [2.75, 3.05) is 17.6 Å². The molecule has 1 aromatic rings. The minimum atomic E-state index is -1.18. The lowest BCUT2D eigenvalue weighted by Crippen LogP contribution is -2.34. The third-order valence-corrected chi connectivity index (χ3v) is 2.06. The Bertz CT molecular complexity index is 366. The Labute approximate surface area is 88.1 Å². The molecule has 5 heteroatoms. The van der Waals surface area contributed by atoms with Crippen LogP contribution in [0, 0.1) is 6.92 Å². The molecular formula is C10H15N3O2. The highest BCUT2D eigenvalue weighted by atomic mass is 16.3. The second kappa shape index (κ2) is 4.65. The molecule has 1 aromatic carbocycles. The van der Waals surface area contributed by atoms with Gasteiger partial charge in [-0.05, 0) is 30.7 Å². The van der Waals surface area contributed by atoms with Crippen LogP contribution in [0.3, 0.4) is 0 Å². The average Bonchev–Trinajstić information content (AvgIpc) is 2.15. The number of rotatable bonds is 4. The predicted molar refractivity (Wildman–Crippen MR) is 59.3 cm³/mol. The van der Waals surface area contributed by atoms with Crippen molar-refractivity contribution in [2.24, 2.45) is 5.73 Å². The van der Waals surface area contributed by atoms with Crippen molar-refractivity contribution in [3.63, 3.8) is 0 Å². The molecule has 0 saturated heterocycles. The fraction of sp³-hybridized carbons (Fsp3) is 0.300. The molecule has 0 aliphatic heterocycles. The van der Waals surface area contributed by atoms with E-state index in [1.807, 2.05) is 6.92 Å². The first-order valence-corrected chi connectivity index (χ1v) is 4.58. The van der Waals surface area contributed by atoms with Crippen LogP contribution < -0.4 is 16.8 Å². The zero-order chi connectivity index (χ0) is 11.4. The van der Waals surface area contributed by atoms with E-state index >= 15 is 0 Å². The number of benzene rings is 1. The number of nitrogens with two attached hydrogens (primary N) is 2. The molecule has 0 aliphatic carbocycles. The summed E-state index contributed by atoms with van der Waals surface area (Å²) in [5.74, 6) is -0.740. The van der Waals surface area contributed by atoms with Crippen molar-refractivity contribution in [3.8, 4) is 0 Å². The summed E-state index contributed by atoms with van der Waals surface area (Å²) in [6, 6.07) is 5.34. The van der Waals surface area contributed by atoms with Gasteiger partial charge in [-0.2, -0.15) is 0 Å². The van der Waals surface area contributed by atoms with Gasteiger partial charge in [0.05, 0.1) is 0 Å². The molecule has 1 amide bonds. The van der Waals surface area contributed by atoms with Crippen molar-refractivity contribution >= 4 is 17.3 Å². The summed E-state index contributed by atoms with van der Waals surface area (Å²) in [6.45, 7) is 1.98. The van der Waals surface area contributed by atoms with Crippen LogP contribution in [0.2, 0.25) is 0 Å². The highest BCUT2D eigenvalue weighted by Crippen LogP contribution is 2.17. The quantitative estimate of drug-likeness (QED) is 0.517. The van der Waals surface area contributed by atoms with Gasteiger partial charge in [0, 0.05) is 17.9 Å². The van der Waals surface area contributed by atoms with Gasteiger partial charge in [-0.15, -0.1) is 0 Å². The molecule has 5 nitrogen and oxygen atoms in total. The Balaban J connectivity index is 2.62. The number of aryl methyl sites for hydroxylation is 1. The lowest BCUT2D eigenvalue weighted by atomic mass is 10.1. The van der Waals surface area contributed by atoms with E-state index in [2.05, 4.69) is 5.32 Å². The molecule has 0 aliphatic rings. The van der Waals surface area contributed by atoms with E-state index < -0.39 is 12.0 Å². The summed E-state index contributed by atoms with van der Waals surface area (Å²) in [4.78, 5) is 10.6. The third-order valence-electron chi connectivity index (χ3n) is 2.06. The van der Waals surface area contributed by atoms with Crippen molar-refractivity contribution in [3.05, 3.63) is 23.8 Å². The van der Waals surface area contributed by atoms with Crippen LogP contribution in [-0.4, -0.2) is 23.7 Å². The number of carbonyl (C=O) groups excluding carboxylic acids is 1. The highest BCUT2D eigenvalue weighted by molar-refractivity contribution is 5.79. The van der Waals surface area contributed by atoms with Gasteiger partial charge < -0.3 is 21.9 Å². The van der Waals surface area contributed by atoms with Crippen molar-refractivity contribution in [2.45, 2.75) is 13.0 Å². The Kier molecular flexibility index (Phi) is 3.51. The molecule has 6 N–H and O–H groups in total. The predicted octanol–water partition coefficient (Wildman–Crippen LogP) is -0.165. The molecule has 1 atom stereocenters. The fourth-order valence-corrected chi connectivity index (χ4v) is 1.19. The zero-order valence-corrected chi connectivity index (χ0v) is 8.53. The number of anilines is 2. The second-order valence-corrected chi connectivity index (χ2v) is 3.37. The smallest absolute Gasteiger partial charge is 0.248 e.